The Morgan fingerprint density at radius 3 is 2.42 bits per heavy atom. The van der Waals surface area contributed by atoms with Gasteiger partial charge >= 0.3 is 12.0 Å². The van der Waals surface area contributed by atoms with Crippen molar-refractivity contribution in [3.05, 3.63) is 78.6 Å². The third kappa shape index (κ3) is 7.04. The number of benzene rings is 3. The van der Waals surface area contributed by atoms with E-state index in [2.05, 4.69) is 20.6 Å². The van der Waals surface area contributed by atoms with Crippen molar-refractivity contribution in [1.82, 2.24) is 14.7 Å². The molecule has 43 heavy (non-hydrogen) atoms. The highest BCUT2D eigenvalue weighted by atomic mass is 32.2. The molecule has 10 nitrogen and oxygen atoms in total. The van der Waals surface area contributed by atoms with Crippen LogP contribution >= 0.6 is 23.1 Å². The summed E-state index contributed by atoms with van der Waals surface area (Å²) in [6, 6.07) is 20.0. The first kappa shape index (κ1) is 29.8. The van der Waals surface area contributed by atoms with Crippen LogP contribution in [-0.4, -0.2) is 45.1 Å². The number of carbonyl (C=O) groups is 2. The number of aliphatic imine (C=N–C) groups is 1. The van der Waals surface area contributed by atoms with Crippen molar-refractivity contribution in [3.8, 4) is 5.75 Å². The van der Waals surface area contributed by atoms with Crippen LogP contribution in [0.3, 0.4) is 0 Å². The van der Waals surface area contributed by atoms with Gasteiger partial charge < -0.3 is 20.6 Å². The molecule has 2 aromatic heterocycles. The van der Waals surface area contributed by atoms with Crippen LogP contribution in [-0.2, 0) is 0 Å². The molecule has 220 valence electrons. The lowest BCUT2D eigenvalue weighted by atomic mass is 9.88. The predicted molar refractivity (Wildman–Crippen MR) is 172 cm³/mol. The first-order valence-corrected chi connectivity index (χ1v) is 14.9. The lowest BCUT2D eigenvalue weighted by Gasteiger charge is -2.21. The zero-order chi connectivity index (χ0) is 30.7. The van der Waals surface area contributed by atoms with E-state index >= 15 is 0 Å². The van der Waals surface area contributed by atoms with Gasteiger partial charge in [0, 0.05) is 27.6 Å². The molecule has 5 rings (SSSR count). The fourth-order valence-electron chi connectivity index (χ4n) is 4.11. The Labute approximate surface area is 256 Å². The predicted octanol–water partition coefficient (Wildman–Crippen LogP) is 7.71. The number of carboxylic acid groups (broad SMARTS) is 1. The van der Waals surface area contributed by atoms with Gasteiger partial charge in [-0.3, -0.25) is 9.72 Å². The number of urea groups is 1. The van der Waals surface area contributed by atoms with Gasteiger partial charge in [-0.1, -0.05) is 43.9 Å². The van der Waals surface area contributed by atoms with Crippen LogP contribution in [0.25, 0.3) is 15.2 Å². The summed E-state index contributed by atoms with van der Waals surface area (Å²) in [5, 5.41) is 23.6. The molecule has 2 amide bonds. The fourth-order valence-corrected chi connectivity index (χ4v) is 6.08. The van der Waals surface area contributed by atoms with Gasteiger partial charge in [-0.25, -0.2) is 19.6 Å². The second kappa shape index (κ2) is 12.3. The summed E-state index contributed by atoms with van der Waals surface area (Å²) in [5.74, 6) is 0.0483. The van der Waals surface area contributed by atoms with Crippen LogP contribution in [0.5, 0.6) is 5.75 Å². The summed E-state index contributed by atoms with van der Waals surface area (Å²) in [7, 11) is 1.59. The number of hydrogen-bond donors (Lipinski definition) is 4. The van der Waals surface area contributed by atoms with Crippen LogP contribution in [0.1, 0.15) is 37.7 Å². The summed E-state index contributed by atoms with van der Waals surface area (Å²) in [4.78, 5) is 35.9. The van der Waals surface area contributed by atoms with Crippen molar-refractivity contribution in [2.24, 2.45) is 10.4 Å². The normalized spacial score (nSPS) is 12.0. The second-order valence-corrected chi connectivity index (χ2v) is 12.8. The zero-order valence-corrected chi connectivity index (χ0v) is 25.6. The molecule has 0 aliphatic carbocycles. The lowest BCUT2D eigenvalue weighted by Crippen LogP contribution is -2.37. The van der Waals surface area contributed by atoms with E-state index in [0.717, 1.165) is 20.0 Å². The van der Waals surface area contributed by atoms with E-state index in [9.17, 15) is 14.7 Å². The maximum Gasteiger partial charge on any atom is 0.354 e. The van der Waals surface area contributed by atoms with Gasteiger partial charge in [0.25, 0.3) is 0 Å². The van der Waals surface area contributed by atoms with Crippen LogP contribution in [0.4, 0.5) is 16.2 Å². The number of nitrogens with one attached hydrogen (secondary N) is 3. The van der Waals surface area contributed by atoms with E-state index < -0.39 is 12.0 Å². The van der Waals surface area contributed by atoms with Crippen molar-refractivity contribution < 1.29 is 19.4 Å². The van der Waals surface area contributed by atoms with Crippen molar-refractivity contribution in [3.63, 3.8) is 0 Å². The Kier molecular flexibility index (Phi) is 8.51. The first-order valence-electron chi connectivity index (χ1n) is 13.3. The Morgan fingerprint density at radius 1 is 1.07 bits per heavy atom. The summed E-state index contributed by atoms with van der Waals surface area (Å²) in [5.41, 5.74) is 2.26. The molecule has 4 N–H and O–H groups in total. The number of ether oxygens (including phenoxy) is 1. The molecular formula is C31H30N6O4S2. The number of nitrogens with zero attached hydrogens (tertiary/aromatic N) is 3. The molecule has 0 radical (unpaired) electrons. The number of imidazole rings is 1. The zero-order valence-electron chi connectivity index (χ0n) is 24.0. The lowest BCUT2D eigenvalue weighted by molar-refractivity contribution is 0.0690. The maximum atomic E-state index is 12.9. The van der Waals surface area contributed by atoms with Crippen molar-refractivity contribution in [2.45, 2.75) is 37.0 Å². The number of anilines is 1. The molecular weight excluding hydrogens is 585 g/mol. The van der Waals surface area contributed by atoms with Gasteiger partial charge in [0.2, 0.25) is 0 Å². The Balaban J connectivity index is 1.26. The average molecular weight is 615 g/mol. The minimum Gasteiger partial charge on any atom is -0.497 e. The number of aromatic carboxylic acids is 1. The maximum absolute atomic E-state index is 12.9. The molecule has 3 aromatic carbocycles. The minimum atomic E-state index is -1.02. The molecule has 0 bridgehead atoms. The molecule has 0 aliphatic heterocycles. The molecule has 0 saturated carbocycles. The number of carbonyl (C=O) groups excluding carboxylic acids is 1. The molecule has 5 aromatic rings. The summed E-state index contributed by atoms with van der Waals surface area (Å²) in [6.07, 6.45) is 1.56. The first-order chi connectivity index (χ1) is 20.5. The van der Waals surface area contributed by atoms with Gasteiger partial charge in [-0.2, -0.15) is 0 Å². The van der Waals surface area contributed by atoms with Gasteiger partial charge in [0.1, 0.15) is 11.6 Å². The highest BCUT2D eigenvalue weighted by Crippen LogP contribution is 2.34. The summed E-state index contributed by atoms with van der Waals surface area (Å²) >= 11 is 2.99. The van der Waals surface area contributed by atoms with E-state index in [0.29, 0.717) is 33.6 Å². The smallest absolute Gasteiger partial charge is 0.354 e. The Bertz CT molecular complexity index is 1850. The highest BCUT2D eigenvalue weighted by Gasteiger charge is 2.20. The third-order valence-corrected chi connectivity index (χ3v) is 8.53. The largest absolute Gasteiger partial charge is 0.497 e. The number of thiazole rings is 1. The molecule has 0 saturated heterocycles. The fraction of sp³-hybridized carbons (Fsp3) is 0.194. The number of hydrogen-bond acceptors (Lipinski definition) is 8. The number of methoxy groups -OCH3 is 1. The standard InChI is InChI=1S/C31H30N6O4S2/c1-31(2,3)26(32)16-27(34-18-5-9-20(41-4)10-6-18)36-29(40)35-19-7-11-21(12-8-19)42-22-13-14-23-25(15-22)43-30-33-17-24(28(38)39)37(23)30/h5-15,17,32H,16H2,1-4H3,(H,38,39)(H2,34,35,36,40). The number of rotatable bonds is 8. The minimum absolute atomic E-state index is 0.139. The van der Waals surface area contributed by atoms with E-state index in [1.165, 1.54) is 17.5 Å². The van der Waals surface area contributed by atoms with Gasteiger partial charge in [-0.15, -0.1) is 0 Å². The van der Waals surface area contributed by atoms with E-state index in [1.807, 2.05) is 63.2 Å². The number of aromatic nitrogens is 2. The van der Waals surface area contributed by atoms with Crippen molar-refractivity contribution in [1.29, 1.82) is 5.41 Å². The molecule has 0 atom stereocenters. The molecule has 12 heteroatoms. The second-order valence-electron chi connectivity index (χ2n) is 10.7. The van der Waals surface area contributed by atoms with Gasteiger partial charge in [0.05, 0.1) is 29.2 Å². The quantitative estimate of drug-likeness (QED) is 0.104. The molecule has 0 fully saturated rings. The number of amidine groups is 1. The number of amides is 2. The highest BCUT2D eigenvalue weighted by molar-refractivity contribution is 7.99. The SMILES string of the molecule is COc1ccc(N=C(CC(=N)C(C)(C)C)NC(=O)Nc2ccc(Sc3ccc4c(c3)sc3ncc(C(=O)O)n34)cc2)cc1. The summed E-state index contributed by atoms with van der Waals surface area (Å²) < 4.78 is 7.80. The van der Waals surface area contributed by atoms with E-state index in [4.69, 9.17) is 10.1 Å². The van der Waals surface area contributed by atoms with Crippen LogP contribution in [0.2, 0.25) is 0 Å². The average Bonchev–Trinajstić information content (AvgIpc) is 3.53. The van der Waals surface area contributed by atoms with Crippen molar-refractivity contribution >= 4 is 73.2 Å². The number of carboxylic acids is 1. The third-order valence-electron chi connectivity index (χ3n) is 6.51. The van der Waals surface area contributed by atoms with Crippen LogP contribution < -0.4 is 15.4 Å². The molecule has 0 spiro atoms. The summed E-state index contributed by atoms with van der Waals surface area (Å²) in [6.45, 7) is 5.85. The van der Waals surface area contributed by atoms with Crippen LogP contribution in [0, 0.1) is 10.8 Å². The van der Waals surface area contributed by atoms with E-state index in [-0.39, 0.29) is 17.5 Å². The number of fused-ring (bicyclic) bond motifs is 3. The molecule has 0 unspecified atom stereocenters. The molecule has 0 aliphatic rings. The van der Waals surface area contributed by atoms with Crippen LogP contribution in [0.15, 0.2) is 87.7 Å². The Morgan fingerprint density at radius 2 is 1.77 bits per heavy atom. The van der Waals surface area contributed by atoms with E-state index in [1.54, 1.807) is 47.5 Å². The van der Waals surface area contributed by atoms with Crippen molar-refractivity contribution in [2.75, 3.05) is 12.4 Å². The molecule has 2 heterocycles. The van der Waals surface area contributed by atoms with Gasteiger partial charge in [-0.05, 0) is 72.1 Å². The Hall–Kier alpha value is -4.68. The topological polar surface area (TPSA) is 141 Å². The van der Waals surface area contributed by atoms with Gasteiger partial charge in [0.15, 0.2) is 10.7 Å². The monoisotopic (exact) mass is 614 g/mol.